The van der Waals surface area contributed by atoms with Gasteiger partial charge in [0.05, 0.1) is 6.04 Å². The highest BCUT2D eigenvalue weighted by Gasteiger charge is 2.33. The third-order valence-electron chi connectivity index (χ3n) is 3.46. The van der Waals surface area contributed by atoms with Crippen molar-refractivity contribution in [3.63, 3.8) is 0 Å². The molecule has 2 N–H and O–H groups in total. The Balaban J connectivity index is 1.84. The lowest BCUT2D eigenvalue weighted by atomic mass is 10.1. The summed E-state index contributed by atoms with van der Waals surface area (Å²) in [6.07, 6.45) is 2.62. The number of anilines is 1. The Hall–Kier alpha value is -1.48. The summed E-state index contributed by atoms with van der Waals surface area (Å²) in [6.45, 7) is 2.03. The lowest BCUT2D eigenvalue weighted by Crippen LogP contribution is -2.12. The third-order valence-corrected chi connectivity index (χ3v) is 4.42. The number of thiophene rings is 1. The van der Waals surface area contributed by atoms with Crippen LogP contribution in [0.1, 0.15) is 29.3 Å². The van der Waals surface area contributed by atoms with Gasteiger partial charge in [-0.05, 0) is 60.9 Å². The zero-order valence-electron chi connectivity index (χ0n) is 10.4. The monoisotopic (exact) mass is 259 g/mol. The average Bonchev–Trinajstić information content (AvgIpc) is 3.03. The van der Waals surface area contributed by atoms with Crippen LogP contribution in [0.3, 0.4) is 0 Å². The fourth-order valence-corrected chi connectivity index (χ4v) is 3.17. The minimum absolute atomic E-state index is 0.331. The fourth-order valence-electron chi connectivity index (χ4n) is 2.30. The molecule has 0 radical (unpaired) electrons. The minimum Gasteiger partial charge on any atom is -0.508 e. The molecule has 2 nitrogen and oxygen atoms in total. The van der Waals surface area contributed by atoms with Crippen molar-refractivity contribution < 1.29 is 5.11 Å². The van der Waals surface area contributed by atoms with Crippen LogP contribution in [0.15, 0.2) is 35.7 Å². The quantitative estimate of drug-likeness (QED) is 0.801. The van der Waals surface area contributed by atoms with Gasteiger partial charge >= 0.3 is 0 Å². The number of nitrogens with one attached hydrogen (secondary N) is 1. The van der Waals surface area contributed by atoms with Gasteiger partial charge in [-0.3, -0.25) is 0 Å². The lowest BCUT2D eigenvalue weighted by molar-refractivity contribution is 0.475. The molecule has 0 aliphatic heterocycles. The van der Waals surface area contributed by atoms with Crippen LogP contribution in [-0.4, -0.2) is 5.11 Å². The molecule has 1 aromatic heterocycles. The van der Waals surface area contributed by atoms with E-state index in [9.17, 15) is 5.11 Å². The van der Waals surface area contributed by atoms with E-state index in [4.69, 9.17) is 0 Å². The number of aromatic hydroxyl groups is 1. The second-order valence-corrected chi connectivity index (χ2v) is 5.95. The number of rotatable bonds is 4. The van der Waals surface area contributed by atoms with E-state index in [0.29, 0.717) is 11.8 Å². The van der Waals surface area contributed by atoms with Crippen molar-refractivity contribution in [3.05, 3.63) is 46.2 Å². The van der Waals surface area contributed by atoms with Gasteiger partial charge in [-0.25, -0.2) is 0 Å². The van der Waals surface area contributed by atoms with Crippen LogP contribution in [0.25, 0.3) is 0 Å². The molecule has 18 heavy (non-hydrogen) atoms. The molecule has 1 aromatic carbocycles. The summed E-state index contributed by atoms with van der Waals surface area (Å²) in [4.78, 5) is 1.41. The molecular formula is C15H17NOS. The Morgan fingerprint density at radius 2 is 2.17 bits per heavy atom. The smallest absolute Gasteiger partial charge is 0.115 e. The second-order valence-electron chi connectivity index (χ2n) is 4.97. The van der Waals surface area contributed by atoms with Crippen molar-refractivity contribution >= 4 is 17.0 Å². The van der Waals surface area contributed by atoms with Gasteiger partial charge in [-0.15, -0.1) is 11.3 Å². The highest BCUT2D eigenvalue weighted by atomic mass is 32.1. The molecule has 1 unspecified atom stereocenters. The first-order valence-electron chi connectivity index (χ1n) is 6.33. The van der Waals surface area contributed by atoms with E-state index in [1.165, 1.54) is 17.7 Å². The number of hydrogen-bond acceptors (Lipinski definition) is 3. The Morgan fingerprint density at radius 1 is 1.33 bits per heavy atom. The maximum absolute atomic E-state index is 9.45. The van der Waals surface area contributed by atoms with E-state index in [-0.39, 0.29) is 0 Å². The first-order valence-corrected chi connectivity index (χ1v) is 7.21. The normalized spacial score (nSPS) is 16.5. The van der Waals surface area contributed by atoms with Crippen LogP contribution in [0.2, 0.25) is 0 Å². The Morgan fingerprint density at radius 3 is 2.78 bits per heavy atom. The minimum atomic E-state index is 0.331. The standard InChI is InChI=1S/C15H17NOS/c1-10-9-12(17)6-7-13(10)16-15(11-4-5-11)14-3-2-8-18-14/h2-3,6-9,11,15-17H,4-5H2,1H3. The predicted molar refractivity (Wildman–Crippen MR) is 76.3 cm³/mol. The summed E-state index contributed by atoms with van der Waals surface area (Å²) < 4.78 is 0. The van der Waals surface area contributed by atoms with Crippen LogP contribution in [0.5, 0.6) is 5.75 Å². The van der Waals surface area contributed by atoms with Gasteiger partial charge in [-0.1, -0.05) is 6.07 Å². The van der Waals surface area contributed by atoms with Crippen LogP contribution >= 0.6 is 11.3 Å². The molecule has 0 saturated heterocycles. The Bertz CT molecular complexity index is 531. The van der Waals surface area contributed by atoms with E-state index in [1.54, 1.807) is 12.1 Å². The molecule has 0 bridgehead atoms. The largest absolute Gasteiger partial charge is 0.508 e. The van der Waals surface area contributed by atoms with Crippen molar-refractivity contribution in [1.82, 2.24) is 0 Å². The second kappa shape index (κ2) is 4.65. The van der Waals surface area contributed by atoms with Crippen LogP contribution < -0.4 is 5.32 Å². The van der Waals surface area contributed by atoms with Crippen LogP contribution in [0, 0.1) is 12.8 Å². The van der Waals surface area contributed by atoms with Gasteiger partial charge < -0.3 is 10.4 Å². The van der Waals surface area contributed by atoms with Gasteiger partial charge in [0.2, 0.25) is 0 Å². The fraction of sp³-hybridized carbons (Fsp3) is 0.333. The van der Waals surface area contributed by atoms with Crippen molar-refractivity contribution in [1.29, 1.82) is 0 Å². The maximum Gasteiger partial charge on any atom is 0.115 e. The van der Waals surface area contributed by atoms with Gasteiger partial charge in [0.1, 0.15) is 5.75 Å². The van der Waals surface area contributed by atoms with Crippen LogP contribution in [-0.2, 0) is 0 Å². The molecule has 1 aliphatic rings. The summed E-state index contributed by atoms with van der Waals surface area (Å²) in [5.74, 6) is 1.09. The van der Waals surface area contributed by atoms with Crippen molar-refractivity contribution in [2.24, 2.45) is 5.92 Å². The lowest BCUT2D eigenvalue weighted by Gasteiger charge is -2.20. The Kier molecular flexibility index (Phi) is 3.00. The van der Waals surface area contributed by atoms with Gasteiger partial charge in [0.15, 0.2) is 0 Å². The molecule has 0 spiro atoms. The summed E-state index contributed by atoms with van der Waals surface area (Å²) in [5, 5.41) is 15.2. The molecule has 1 heterocycles. The zero-order chi connectivity index (χ0) is 12.5. The zero-order valence-corrected chi connectivity index (χ0v) is 11.2. The van der Waals surface area contributed by atoms with Crippen LogP contribution in [0.4, 0.5) is 5.69 Å². The van der Waals surface area contributed by atoms with E-state index in [0.717, 1.165) is 17.2 Å². The third kappa shape index (κ3) is 2.36. The maximum atomic E-state index is 9.45. The molecular weight excluding hydrogens is 242 g/mol. The molecule has 94 valence electrons. The SMILES string of the molecule is Cc1cc(O)ccc1NC(c1cccs1)C1CC1. The van der Waals surface area contributed by atoms with Crippen molar-refractivity contribution in [2.75, 3.05) is 5.32 Å². The van der Waals surface area contributed by atoms with Gasteiger partial charge in [-0.2, -0.15) is 0 Å². The van der Waals surface area contributed by atoms with E-state index < -0.39 is 0 Å². The number of aryl methyl sites for hydroxylation is 1. The molecule has 0 amide bonds. The molecule has 2 aromatic rings. The summed E-state index contributed by atoms with van der Waals surface area (Å²) in [5.41, 5.74) is 2.22. The Labute approximate surface area is 111 Å². The summed E-state index contributed by atoms with van der Waals surface area (Å²) >= 11 is 1.82. The van der Waals surface area contributed by atoms with Crippen molar-refractivity contribution in [2.45, 2.75) is 25.8 Å². The topological polar surface area (TPSA) is 32.3 Å². The van der Waals surface area contributed by atoms with E-state index in [2.05, 4.69) is 22.8 Å². The summed E-state index contributed by atoms with van der Waals surface area (Å²) in [7, 11) is 0. The molecule has 3 heteroatoms. The highest BCUT2D eigenvalue weighted by Crippen LogP contribution is 2.44. The van der Waals surface area contributed by atoms with Crippen molar-refractivity contribution in [3.8, 4) is 5.75 Å². The predicted octanol–water partition coefficient (Wildman–Crippen LogP) is 4.33. The average molecular weight is 259 g/mol. The number of benzene rings is 1. The number of phenols is 1. The molecule has 1 saturated carbocycles. The first kappa shape index (κ1) is 11.6. The van der Waals surface area contributed by atoms with E-state index >= 15 is 0 Å². The highest BCUT2D eigenvalue weighted by molar-refractivity contribution is 7.10. The van der Waals surface area contributed by atoms with E-state index in [1.807, 2.05) is 24.3 Å². The number of hydrogen-bond donors (Lipinski definition) is 2. The van der Waals surface area contributed by atoms with Gasteiger partial charge in [0, 0.05) is 10.6 Å². The summed E-state index contributed by atoms with van der Waals surface area (Å²) in [6, 6.07) is 10.3. The molecule has 3 rings (SSSR count). The molecule has 1 fully saturated rings. The number of phenolic OH excluding ortho intramolecular Hbond substituents is 1. The van der Waals surface area contributed by atoms with Gasteiger partial charge in [0.25, 0.3) is 0 Å². The first-order chi connectivity index (χ1) is 8.74. The molecule has 1 aliphatic carbocycles. The molecule has 1 atom stereocenters.